The van der Waals surface area contributed by atoms with Crippen LogP contribution in [0.15, 0.2) is 65.6 Å². The third-order valence-electron chi connectivity index (χ3n) is 4.44. The molecule has 0 fully saturated rings. The van der Waals surface area contributed by atoms with Crippen molar-refractivity contribution in [1.29, 1.82) is 0 Å². The van der Waals surface area contributed by atoms with Crippen molar-refractivity contribution in [2.75, 3.05) is 0 Å². The van der Waals surface area contributed by atoms with Crippen molar-refractivity contribution in [2.24, 2.45) is 0 Å². The van der Waals surface area contributed by atoms with Crippen molar-refractivity contribution in [3.8, 4) is 0 Å². The molecule has 0 bridgehead atoms. The van der Waals surface area contributed by atoms with Crippen LogP contribution in [0.2, 0.25) is 0 Å². The number of hydrogen-bond donors (Lipinski definition) is 0. The molecule has 0 radical (unpaired) electrons. The van der Waals surface area contributed by atoms with Gasteiger partial charge in [0.15, 0.2) is 5.78 Å². The Morgan fingerprint density at radius 1 is 1.07 bits per heavy atom. The van der Waals surface area contributed by atoms with Gasteiger partial charge in [0.2, 0.25) is 0 Å². The van der Waals surface area contributed by atoms with Crippen LogP contribution in [0.4, 0.5) is 4.39 Å². The zero-order chi connectivity index (χ0) is 19.4. The highest BCUT2D eigenvalue weighted by Crippen LogP contribution is 2.20. The maximum atomic E-state index is 14.2. The van der Waals surface area contributed by atoms with Crippen molar-refractivity contribution in [2.45, 2.75) is 32.7 Å². The molecule has 0 spiro atoms. The summed E-state index contributed by atoms with van der Waals surface area (Å²) in [5.41, 5.74) is 1.70. The molecule has 0 amide bonds. The average Bonchev–Trinajstić information content (AvgIpc) is 2.64. The van der Waals surface area contributed by atoms with Gasteiger partial charge in [-0.3, -0.25) is 9.59 Å². The van der Waals surface area contributed by atoms with E-state index < -0.39 is 5.56 Å². The number of halogens is 1. The minimum atomic E-state index is -0.439. The van der Waals surface area contributed by atoms with Crippen LogP contribution in [0, 0.1) is 5.82 Å². The summed E-state index contributed by atoms with van der Waals surface area (Å²) < 4.78 is 15.4. The molecule has 2 aromatic carbocycles. The van der Waals surface area contributed by atoms with E-state index >= 15 is 0 Å². The van der Waals surface area contributed by atoms with Crippen LogP contribution < -0.4 is 5.56 Å². The Morgan fingerprint density at radius 3 is 2.48 bits per heavy atom. The summed E-state index contributed by atoms with van der Waals surface area (Å²) in [5.74, 6) is -0.604. The van der Waals surface area contributed by atoms with Gasteiger partial charge in [0.05, 0.1) is 12.1 Å². The van der Waals surface area contributed by atoms with E-state index in [9.17, 15) is 14.0 Å². The van der Waals surface area contributed by atoms with Crippen LogP contribution in [-0.2, 0) is 13.0 Å². The van der Waals surface area contributed by atoms with E-state index in [-0.39, 0.29) is 29.5 Å². The molecule has 0 aliphatic heterocycles. The van der Waals surface area contributed by atoms with Gasteiger partial charge < -0.3 is 0 Å². The van der Waals surface area contributed by atoms with Gasteiger partial charge in [0.1, 0.15) is 5.82 Å². The molecule has 0 unspecified atom stereocenters. The maximum absolute atomic E-state index is 14.2. The Morgan fingerprint density at radius 2 is 1.81 bits per heavy atom. The second kappa shape index (κ2) is 8.08. The first-order valence-corrected chi connectivity index (χ1v) is 8.87. The van der Waals surface area contributed by atoms with Gasteiger partial charge in [-0.25, -0.2) is 9.07 Å². The van der Waals surface area contributed by atoms with Gasteiger partial charge in [-0.2, -0.15) is 5.10 Å². The number of hydrogen-bond acceptors (Lipinski definition) is 3. The lowest BCUT2D eigenvalue weighted by Crippen LogP contribution is -2.29. The van der Waals surface area contributed by atoms with Gasteiger partial charge in [-0.1, -0.05) is 56.3 Å². The predicted molar refractivity (Wildman–Crippen MR) is 103 cm³/mol. The van der Waals surface area contributed by atoms with Gasteiger partial charge in [0, 0.05) is 12.6 Å². The number of Topliss-reactive ketones (excluding diaryl/α,β-unsaturated/α-hetero) is 1. The van der Waals surface area contributed by atoms with Gasteiger partial charge in [-0.05, 0) is 34.7 Å². The van der Waals surface area contributed by atoms with Crippen molar-refractivity contribution in [3.63, 3.8) is 0 Å². The first-order valence-electron chi connectivity index (χ1n) is 8.87. The summed E-state index contributed by atoms with van der Waals surface area (Å²) in [5, 5.41) is 4.06. The van der Waals surface area contributed by atoms with Crippen molar-refractivity contribution in [1.82, 2.24) is 9.78 Å². The molecule has 5 heteroatoms. The lowest BCUT2D eigenvalue weighted by molar-refractivity contribution is 0.0990. The molecule has 0 saturated carbocycles. The van der Waals surface area contributed by atoms with Crippen LogP contribution in [-0.4, -0.2) is 15.6 Å². The Labute approximate surface area is 157 Å². The van der Waals surface area contributed by atoms with Crippen molar-refractivity contribution >= 4 is 5.78 Å². The van der Waals surface area contributed by atoms with Crippen LogP contribution in [0.3, 0.4) is 0 Å². The van der Waals surface area contributed by atoms with Gasteiger partial charge in [-0.15, -0.1) is 0 Å². The molecule has 138 valence electrons. The molecule has 1 heterocycles. The molecule has 1 aromatic heterocycles. The van der Waals surface area contributed by atoms with Gasteiger partial charge >= 0.3 is 0 Å². The maximum Gasteiger partial charge on any atom is 0.277 e. The summed E-state index contributed by atoms with van der Waals surface area (Å²) in [4.78, 5) is 25.2. The third kappa shape index (κ3) is 4.37. The summed E-state index contributed by atoms with van der Waals surface area (Å²) in [7, 11) is 0. The SMILES string of the molecule is CC(C)c1ccc(CC(=O)c2ccnn(Cc3ccccc3)c2=O)cc1F. The van der Waals surface area contributed by atoms with Crippen LogP contribution in [0.25, 0.3) is 0 Å². The van der Waals surface area contributed by atoms with E-state index in [1.165, 1.54) is 23.0 Å². The molecule has 0 aliphatic rings. The lowest BCUT2D eigenvalue weighted by Gasteiger charge is -2.09. The standard InChI is InChI=1S/C22H21FN2O2/c1-15(2)18-9-8-17(12-20(18)23)13-21(26)19-10-11-24-25(22(19)27)14-16-6-4-3-5-7-16/h3-12,15H,13-14H2,1-2H3. The van der Waals surface area contributed by atoms with Crippen molar-refractivity contribution < 1.29 is 9.18 Å². The highest BCUT2D eigenvalue weighted by Gasteiger charge is 2.15. The van der Waals surface area contributed by atoms with Crippen LogP contribution in [0.5, 0.6) is 0 Å². The zero-order valence-electron chi connectivity index (χ0n) is 15.4. The fourth-order valence-corrected chi connectivity index (χ4v) is 2.96. The number of rotatable bonds is 6. The number of aromatic nitrogens is 2. The van der Waals surface area contributed by atoms with Crippen LogP contribution >= 0.6 is 0 Å². The average molecular weight is 364 g/mol. The molecule has 0 saturated heterocycles. The smallest absolute Gasteiger partial charge is 0.277 e. The van der Waals surface area contributed by atoms with E-state index in [0.717, 1.165) is 5.56 Å². The quantitative estimate of drug-likeness (QED) is 0.622. The Balaban J connectivity index is 1.82. The zero-order valence-corrected chi connectivity index (χ0v) is 15.4. The normalized spacial score (nSPS) is 11.0. The van der Waals surface area contributed by atoms with E-state index in [1.54, 1.807) is 12.1 Å². The predicted octanol–water partition coefficient (Wildman–Crippen LogP) is 3.98. The van der Waals surface area contributed by atoms with E-state index in [4.69, 9.17) is 0 Å². The van der Waals surface area contributed by atoms with Gasteiger partial charge in [0.25, 0.3) is 5.56 Å². The highest BCUT2D eigenvalue weighted by molar-refractivity contribution is 5.97. The molecule has 27 heavy (non-hydrogen) atoms. The lowest BCUT2D eigenvalue weighted by atomic mass is 9.98. The number of benzene rings is 2. The fourth-order valence-electron chi connectivity index (χ4n) is 2.96. The largest absolute Gasteiger partial charge is 0.294 e. The minimum absolute atomic E-state index is 0.0279. The highest BCUT2D eigenvalue weighted by atomic mass is 19.1. The summed E-state index contributed by atoms with van der Waals surface area (Å²) in [6.45, 7) is 4.11. The first-order chi connectivity index (χ1) is 13.0. The van der Waals surface area contributed by atoms with E-state index in [1.807, 2.05) is 44.2 Å². The Kier molecular flexibility index (Phi) is 5.60. The number of carbonyl (C=O) groups is 1. The monoisotopic (exact) mass is 364 g/mol. The molecular formula is C22H21FN2O2. The molecule has 4 nitrogen and oxygen atoms in total. The van der Waals surface area contributed by atoms with E-state index in [0.29, 0.717) is 17.7 Å². The summed E-state index contributed by atoms with van der Waals surface area (Å²) in [6.07, 6.45) is 1.42. The molecule has 0 aliphatic carbocycles. The molecule has 0 N–H and O–H groups in total. The fraction of sp³-hybridized carbons (Fsp3) is 0.227. The summed E-state index contributed by atoms with van der Waals surface area (Å²) >= 11 is 0. The number of nitrogens with zero attached hydrogens (tertiary/aromatic N) is 2. The molecular weight excluding hydrogens is 343 g/mol. The number of carbonyl (C=O) groups excluding carboxylic acids is 1. The minimum Gasteiger partial charge on any atom is -0.294 e. The van der Waals surface area contributed by atoms with E-state index in [2.05, 4.69) is 5.10 Å². The molecule has 3 rings (SSSR count). The first kappa shape index (κ1) is 18.7. The summed E-state index contributed by atoms with van der Waals surface area (Å²) in [6, 6.07) is 15.7. The third-order valence-corrected chi connectivity index (χ3v) is 4.44. The van der Waals surface area contributed by atoms with Crippen LogP contribution in [0.1, 0.15) is 46.8 Å². The second-order valence-electron chi connectivity index (χ2n) is 6.80. The van der Waals surface area contributed by atoms with Crippen molar-refractivity contribution in [3.05, 3.63) is 99.2 Å². The Bertz CT molecular complexity index is 1010. The molecule has 3 aromatic rings. The molecule has 0 atom stereocenters. The number of ketones is 1. The topological polar surface area (TPSA) is 52.0 Å². The second-order valence-corrected chi connectivity index (χ2v) is 6.80. The Hall–Kier alpha value is -3.08.